The summed E-state index contributed by atoms with van der Waals surface area (Å²) < 4.78 is 0. The fourth-order valence-electron chi connectivity index (χ4n) is 3.59. The number of halogens is 8. The molecule has 0 aromatic carbocycles. The van der Waals surface area contributed by atoms with Gasteiger partial charge in [0.05, 0.1) is 19.3 Å². The van der Waals surface area contributed by atoms with Crippen molar-refractivity contribution in [1.29, 1.82) is 0 Å². The van der Waals surface area contributed by atoms with Crippen molar-refractivity contribution in [3.8, 4) is 0 Å². The Morgan fingerprint density at radius 1 is 0.519 bits per heavy atom. The Morgan fingerprint density at radius 2 is 0.704 bits per heavy atom. The van der Waals surface area contributed by atoms with Crippen molar-refractivity contribution in [2.24, 2.45) is 0 Å². The average Bonchev–Trinajstić information content (AvgIpc) is 3.43. The first-order valence-electron chi connectivity index (χ1n) is 17.7. The number of allylic oxidation sites excluding steroid dienone is 8. The Labute approximate surface area is 390 Å². The van der Waals surface area contributed by atoms with Gasteiger partial charge in [-0.1, -0.05) is 128 Å². The van der Waals surface area contributed by atoms with E-state index in [0.717, 1.165) is 5.54 Å². The molecule has 318 valence electrons. The Kier molecular flexibility index (Phi) is 33.8. The van der Waals surface area contributed by atoms with E-state index in [0.29, 0.717) is 5.54 Å². The molecule has 0 aromatic rings. The van der Waals surface area contributed by atoms with E-state index >= 15 is 0 Å². The number of alkyl halides is 8. The minimum Gasteiger partial charge on any atom is -0.670 e. The molecule has 2 aliphatic rings. The zero-order chi connectivity index (χ0) is 43.9. The molecule has 0 saturated carbocycles. The first-order valence-corrected chi connectivity index (χ1v) is 27.2. The number of nitrogens with one attached hydrogen (secondary N) is 5. The molecule has 0 fully saturated rings. The quantitative estimate of drug-likeness (QED) is 0.199. The molecular formula is C38H73Cl8N5Si2Ti. The zero-order valence-electron chi connectivity index (χ0n) is 36.4. The van der Waals surface area contributed by atoms with Gasteiger partial charge in [0, 0.05) is 19.9 Å². The molecule has 0 bridgehead atoms. The monoisotopic (exact) mass is 983 g/mol. The van der Waals surface area contributed by atoms with Crippen LogP contribution in [0.15, 0.2) is 46.6 Å². The van der Waals surface area contributed by atoms with Gasteiger partial charge in [0.1, 0.15) is 8.24 Å². The number of rotatable bonds is 7. The normalized spacial score (nSPS) is 15.6. The van der Waals surface area contributed by atoms with Gasteiger partial charge in [-0.3, -0.25) is 0 Å². The maximum absolute atomic E-state index is 7.12. The fraction of sp³-hybridized carbons (Fsp3) is 0.789. The second-order valence-corrected chi connectivity index (χ2v) is 29.9. The molecule has 0 aliphatic heterocycles. The molecular weight excluding hydrogens is 914 g/mol. The van der Waals surface area contributed by atoms with E-state index in [2.05, 4.69) is 104 Å². The van der Waals surface area contributed by atoms with Crippen LogP contribution in [0.25, 0.3) is 22.9 Å². The van der Waals surface area contributed by atoms with Crippen molar-refractivity contribution >= 4 is 110 Å². The van der Waals surface area contributed by atoms with Crippen LogP contribution in [0.4, 0.5) is 0 Å². The van der Waals surface area contributed by atoms with Crippen molar-refractivity contribution in [1.82, 2.24) is 4.98 Å². The Balaban J connectivity index is -0.000000183. The molecule has 5 nitrogen and oxygen atoms in total. The summed E-state index contributed by atoms with van der Waals surface area (Å²) in [6.07, 6.45) is 9.71. The van der Waals surface area contributed by atoms with Crippen LogP contribution < -0.4 is 4.98 Å². The smallest absolute Gasteiger partial charge is 0.670 e. The zero-order valence-corrected chi connectivity index (χ0v) is 46.1. The van der Waals surface area contributed by atoms with Crippen molar-refractivity contribution in [3.63, 3.8) is 0 Å². The molecule has 0 unspecified atom stereocenters. The molecule has 0 amide bonds. The summed E-state index contributed by atoms with van der Waals surface area (Å²) in [5, 5.41) is 0. The summed E-state index contributed by atoms with van der Waals surface area (Å²) in [6.45, 7) is 38.6. The summed E-state index contributed by atoms with van der Waals surface area (Å²) in [7, 11) is -1.84. The Morgan fingerprint density at radius 3 is 0.833 bits per heavy atom. The van der Waals surface area contributed by atoms with Gasteiger partial charge >= 0.3 is 21.7 Å². The maximum atomic E-state index is 7.12. The molecule has 0 atom stereocenters. The molecule has 0 heterocycles. The van der Waals surface area contributed by atoms with Crippen molar-refractivity contribution < 1.29 is 21.7 Å². The van der Waals surface area contributed by atoms with E-state index in [4.69, 9.17) is 116 Å². The topological polar surface area (TPSA) is 107 Å². The molecule has 2 aliphatic carbocycles. The largest absolute Gasteiger partial charge is 4.00 e. The molecule has 0 spiro atoms. The van der Waals surface area contributed by atoms with Crippen LogP contribution in [-0.2, 0) is 21.7 Å². The van der Waals surface area contributed by atoms with Gasteiger partial charge in [0.2, 0.25) is 0 Å². The van der Waals surface area contributed by atoms with E-state index in [1.807, 2.05) is 0 Å². The van der Waals surface area contributed by atoms with Gasteiger partial charge in [-0.15, -0.1) is 115 Å². The molecule has 0 radical (unpaired) electrons. The summed E-state index contributed by atoms with van der Waals surface area (Å²) in [6, 6.07) is 0. The van der Waals surface area contributed by atoms with Crippen molar-refractivity contribution in [2.45, 2.75) is 188 Å². The summed E-state index contributed by atoms with van der Waals surface area (Å²) in [5.74, 6) is 0. The predicted molar refractivity (Wildman–Crippen MR) is 257 cm³/mol. The van der Waals surface area contributed by atoms with Crippen molar-refractivity contribution in [2.75, 3.05) is 0 Å². The standard InChI is InChI=1S/C13H25NSi.C9H16Si.4C4H8Cl2N.Ti/c1-10-8-12(9-11(10)2)15(6,7)14-13(3,4)5;1-7-5-9(10(3)4)6-8(7)2;4*1-4(2,7)3(5)6;/h8-9,12,14H,1-7H3;5-6,9-10H,1-4H3;4*3,7H,1-2H3;/q;;4*-1;+4. The molecule has 16 heteroatoms. The first-order chi connectivity index (χ1) is 23.0. The van der Waals surface area contributed by atoms with Gasteiger partial charge in [-0.25, -0.2) is 0 Å². The second-order valence-electron chi connectivity index (χ2n) is 17.9. The third kappa shape index (κ3) is 35.0. The van der Waals surface area contributed by atoms with Crippen molar-refractivity contribution in [3.05, 3.63) is 69.5 Å². The minimum atomic E-state index is -1.39. The van der Waals surface area contributed by atoms with Gasteiger partial charge in [0.15, 0.2) is 0 Å². The molecule has 0 aromatic heterocycles. The molecule has 2 rings (SSSR count). The molecule has 54 heavy (non-hydrogen) atoms. The minimum absolute atomic E-state index is 0. The van der Waals surface area contributed by atoms with Crippen LogP contribution >= 0.6 is 92.8 Å². The SMILES string of the molecule is CC(C)([NH-])C(Cl)Cl.CC(C)([NH-])C(Cl)Cl.CC(C)([NH-])C(Cl)Cl.CC(C)([NH-])C(Cl)Cl.CC1=CC([SiH](C)C)C=C1C.CC1=CC([Si](C)(C)NC(C)(C)C)C=C1C.[Ti+4]. The van der Waals surface area contributed by atoms with E-state index in [1.165, 1.54) is 22.3 Å². The van der Waals surface area contributed by atoms with Gasteiger partial charge in [-0.05, 0) is 54.0 Å². The van der Waals surface area contributed by atoms with Gasteiger partial charge in [-0.2, -0.15) is 0 Å². The third-order valence-electron chi connectivity index (χ3n) is 7.47. The first kappa shape index (κ1) is 65.4. The molecule has 5 N–H and O–H groups in total. The third-order valence-corrected chi connectivity index (χ3v) is 17.2. The van der Waals surface area contributed by atoms with Crippen LogP contribution in [0, 0.1) is 0 Å². The van der Waals surface area contributed by atoms with E-state index < -0.39 is 58.5 Å². The number of hydrogen-bond acceptors (Lipinski definition) is 1. The van der Waals surface area contributed by atoms with Crippen LogP contribution in [-0.4, -0.2) is 64.1 Å². The Bertz CT molecular complexity index is 1050. The summed E-state index contributed by atoms with van der Waals surface area (Å²) >= 11 is 42.7. The number of hydrogen-bond donors (Lipinski definition) is 1. The van der Waals surface area contributed by atoms with Crippen LogP contribution in [0.3, 0.4) is 0 Å². The second kappa shape index (κ2) is 27.9. The van der Waals surface area contributed by atoms with Crippen LogP contribution in [0.1, 0.15) is 104 Å². The van der Waals surface area contributed by atoms with Crippen LogP contribution in [0.5, 0.6) is 0 Å². The average molecular weight is 988 g/mol. The van der Waals surface area contributed by atoms with Crippen LogP contribution in [0.2, 0.25) is 37.3 Å². The van der Waals surface area contributed by atoms with Gasteiger partial charge in [0.25, 0.3) is 0 Å². The molecule has 0 saturated heterocycles. The predicted octanol–water partition coefficient (Wildman–Crippen LogP) is 17.1. The summed E-state index contributed by atoms with van der Waals surface area (Å²) in [4.78, 5) is 1.47. The maximum Gasteiger partial charge on any atom is 4.00 e. The summed E-state index contributed by atoms with van der Waals surface area (Å²) in [5.41, 5.74) is 33.2. The van der Waals surface area contributed by atoms with E-state index in [1.54, 1.807) is 55.4 Å². The van der Waals surface area contributed by atoms with E-state index in [9.17, 15) is 0 Å². The van der Waals surface area contributed by atoms with E-state index in [-0.39, 0.29) is 27.3 Å². The Hall–Kier alpha value is 2.23. The fourth-order valence-corrected chi connectivity index (χ4v) is 8.37. The van der Waals surface area contributed by atoms with Gasteiger partial charge < -0.3 is 27.9 Å².